The van der Waals surface area contributed by atoms with Crippen LogP contribution in [-0.2, 0) is 9.53 Å². The smallest absolute Gasteiger partial charge is 0.328 e. The molecule has 1 aliphatic heterocycles. The normalized spacial score (nSPS) is 19.6. The van der Waals surface area contributed by atoms with Crippen molar-refractivity contribution in [1.29, 1.82) is 0 Å². The molecule has 1 aromatic carbocycles. The number of anilines is 1. The van der Waals surface area contributed by atoms with E-state index in [9.17, 15) is 9.90 Å². The van der Waals surface area contributed by atoms with Crippen LogP contribution in [0, 0.1) is 0 Å². The summed E-state index contributed by atoms with van der Waals surface area (Å²) in [4.78, 5) is 17.2. The summed E-state index contributed by atoms with van der Waals surface area (Å²) in [6, 6.07) is 6.58. The highest BCUT2D eigenvalue weighted by molar-refractivity contribution is 5.79. The molecule has 0 amide bonds. The third-order valence-electron chi connectivity index (χ3n) is 3.02. The maximum atomic E-state index is 11.2. The van der Waals surface area contributed by atoms with Gasteiger partial charge in [0.1, 0.15) is 5.52 Å². The van der Waals surface area contributed by atoms with Crippen molar-refractivity contribution >= 4 is 23.0 Å². The lowest BCUT2D eigenvalue weighted by molar-refractivity contribution is -0.141. The van der Waals surface area contributed by atoms with Crippen LogP contribution in [0.2, 0.25) is 0 Å². The lowest BCUT2D eigenvalue weighted by Crippen LogP contribution is -2.50. The first-order valence-electron chi connectivity index (χ1n) is 5.92. The summed E-state index contributed by atoms with van der Waals surface area (Å²) >= 11 is 0. The number of benzene rings is 1. The van der Waals surface area contributed by atoms with Gasteiger partial charge in [-0.25, -0.2) is 9.78 Å². The number of morpholine rings is 1. The van der Waals surface area contributed by atoms with E-state index < -0.39 is 12.0 Å². The predicted octanol–water partition coefficient (Wildman–Crippen LogP) is 0.315. The molecule has 98 valence electrons. The summed E-state index contributed by atoms with van der Waals surface area (Å²) < 4.78 is 5.18. The number of nitrogens with zero attached hydrogens (tertiary/aromatic N) is 4. The number of para-hydroxylation sites is 1. The molecule has 1 fully saturated rings. The number of carboxylic acid groups (broad SMARTS) is 1. The van der Waals surface area contributed by atoms with Gasteiger partial charge >= 0.3 is 5.97 Å². The van der Waals surface area contributed by atoms with Crippen LogP contribution >= 0.6 is 0 Å². The molecule has 1 saturated heterocycles. The monoisotopic (exact) mass is 260 g/mol. The van der Waals surface area contributed by atoms with E-state index >= 15 is 0 Å². The Labute approximate surface area is 108 Å². The molecule has 19 heavy (non-hydrogen) atoms. The third-order valence-corrected chi connectivity index (χ3v) is 3.02. The molecule has 1 atom stereocenters. The molecule has 2 heterocycles. The first-order valence-corrected chi connectivity index (χ1v) is 5.92. The first kappa shape index (κ1) is 11.8. The van der Waals surface area contributed by atoms with Gasteiger partial charge in [0.15, 0.2) is 6.04 Å². The summed E-state index contributed by atoms with van der Waals surface area (Å²) in [5.74, 6) is -0.620. The summed E-state index contributed by atoms with van der Waals surface area (Å²) in [5, 5.41) is 17.3. The van der Waals surface area contributed by atoms with Gasteiger partial charge in [-0.3, -0.25) is 0 Å². The van der Waals surface area contributed by atoms with E-state index in [1.807, 2.05) is 24.3 Å². The molecule has 1 unspecified atom stereocenters. The van der Waals surface area contributed by atoms with Crippen molar-refractivity contribution in [2.75, 3.05) is 24.7 Å². The Hall–Kier alpha value is -2.28. The lowest BCUT2D eigenvalue weighted by atomic mass is 10.2. The van der Waals surface area contributed by atoms with E-state index in [0.29, 0.717) is 30.1 Å². The molecule has 1 aliphatic rings. The Morgan fingerprint density at radius 3 is 2.89 bits per heavy atom. The van der Waals surface area contributed by atoms with Crippen molar-refractivity contribution in [3.05, 3.63) is 24.3 Å². The van der Waals surface area contributed by atoms with Crippen molar-refractivity contribution in [3.63, 3.8) is 0 Å². The predicted molar refractivity (Wildman–Crippen MR) is 66.9 cm³/mol. The molecule has 0 aliphatic carbocycles. The Morgan fingerprint density at radius 2 is 2.11 bits per heavy atom. The fourth-order valence-corrected chi connectivity index (χ4v) is 2.04. The molecule has 3 rings (SSSR count). The number of carboxylic acids is 1. The van der Waals surface area contributed by atoms with Gasteiger partial charge in [-0.05, 0) is 12.1 Å². The maximum absolute atomic E-state index is 11.2. The van der Waals surface area contributed by atoms with E-state index in [2.05, 4.69) is 15.2 Å². The van der Waals surface area contributed by atoms with Crippen molar-refractivity contribution < 1.29 is 14.6 Å². The van der Waals surface area contributed by atoms with Gasteiger partial charge in [-0.15, -0.1) is 10.2 Å². The fourth-order valence-electron chi connectivity index (χ4n) is 2.04. The minimum Gasteiger partial charge on any atom is -0.480 e. The van der Waals surface area contributed by atoms with E-state index in [1.54, 1.807) is 4.90 Å². The summed E-state index contributed by atoms with van der Waals surface area (Å²) in [7, 11) is 0. The number of fused-ring (bicyclic) bond motifs is 1. The highest BCUT2D eigenvalue weighted by atomic mass is 16.5. The van der Waals surface area contributed by atoms with Gasteiger partial charge in [0.05, 0.1) is 18.7 Å². The number of aromatic nitrogens is 3. The van der Waals surface area contributed by atoms with Crippen LogP contribution in [0.25, 0.3) is 11.0 Å². The number of rotatable bonds is 2. The molecular weight excluding hydrogens is 248 g/mol. The van der Waals surface area contributed by atoms with Crippen molar-refractivity contribution in [3.8, 4) is 0 Å². The first-order chi connectivity index (χ1) is 9.25. The van der Waals surface area contributed by atoms with E-state index in [-0.39, 0.29) is 6.61 Å². The van der Waals surface area contributed by atoms with Crippen LogP contribution in [0.1, 0.15) is 0 Å². The molecule has 0 bridgehead atoms. The van der Waals surface area contributed by atoms with Crippen LogP contribution in [-0.4, -0.2) is 52.1 Å². The van der Waals surface area contributed by atoms with Gasteiger partial charge < -0.3 is 14.7 Å². The zero-order valence-electron chi connectivity index (χ0n) is 10.1. The molecule has 1 aromatic heterocycles. The molecule has 0 radical (unpaired) electrons. The van der Waals surface area contributed by atoms with Gasteiger partial charge in [0.2, 0.25) is 5.95 Å². The van der Waals surface area contributed by atoms with Crippen LogP contribution in [0.15, 0.2) is 24.3 Å². The second kappa shape index (κ2) is 4.77. The Bertz CT molecular complexity index is 619. The van der Waals surface area contributed by atoms with Crippen LogP contribution in [0.3, 0.4) is 0 Å². The Morgan fingerprint density at radius 1 is 1.32 bits per heavy atom. The SMILES string of the molecule is O=C(O)C1COCCN1c1nnc2ccccc2n1. The van der Waals surface area contributed by atoms with Gasteiger partial charge in [-0.1, -0.05) is 12.1 Å². The Balaban J connectivity index is 1.99. The quantitative estimate of drug-likeness (QED) is 0.831. The molecule has 1 N–H and O–H groups in total. The van der Waals surface area contributed by atoms with Gasteiger partial charge in [0, 0.05) is 6.54 Å². The average Bonchev–Trinajstić information content (AvgIpc) is 2.46. The molecule has 7 heteroatoms. The highest BCUT2D eigenvalue weighted by Gasteiger charge is 2.31. The molecule has 7 nitrogen and oxygen atoms in total. The van der Waals surface area contributed by atoms with E-state index in [0.717, 1.165) is 0 Å². The lowest BCUT2D eigenvalue weighted by Gasteiger charge is -2.32. The minimum absolute atomic E-state index is 0.130. The highest BCUT2D eigenvalue weighted by Crippen LogP contribution is 2.17. The van der Waals surface area contributed by atoms with E-state index in [1.165, 1.54) is 0 Å². The fraction of sp³-hybridized carbons (Fsp3) is 0.333. The van der Waals surface area contributed by atoms with E-state index in [4.69, 9.17) is 4.74 Å². The van der Waals surface area contributed by atoms with Crippen molar-refractivity contribution in [1.82, 2.24) is 15.2 Å². The summed E-state index contributed by atoms with van der Waals surface area (Å²) in [6.07, 6.45) is 0. The van der Waals surface area contributed by atoms with Crippen LogP contribution in [0.4, 0.5) is 5.95 Å². The number of aliphatic carboxylic acids is 1. The second-order valence-corrected chi connectivity index (χ2v) is 4.22. The zero-order chi connectivity index (χ0) is 13.2. The van der Waals surface area contributed by atoms with Gasteiger partial charge in [-0.2, -0.15) is 0 Å². The van der Waals surface area contributed by atoms with Gasteiger partial charge in [0.25, 0.3) is 0 Å². The summed E-state index contributed by atoms with van der Waals surface area (Å²) in [6.45, 7) is 1.03. The number of carbonyl (C=O) groups is 1. The standard InChI is InChI=1S/C12H12N4O3/c17-11(18)10-7-19-6-5-16(10)12-13-8-3-1-2-4-9(8)14-15-12/h1-4,10H,5-7H2,(H,17,18). The maximum Gasteiger partial charge on any atom is 0.328 e. The average molecular weight is 260 g/mol. The van der Waals surface area contributed by atoms with Crippen molar-refractivity contribution in [2.45, 2.75) is 6.04 Å². The number of hydrogen-bond acceptors (Lipinski definition) is 6. The molecule has 2 aromatic rings. The number of hydrogen-bond donors (Lipinski definition) is 1. The molecule has 0 spiro atoms. The molecule has 0 saturated carbocycles. The topological polar surface area (TPSA) is 88.4 Å². The molecular formula is C12H12N4O3. The minimum atomic E-state index is -0.948. The third kappa shape index (κ3) is 2.19. The van der Waals surface area contributed by atoms with Crippen molar-refractivity contribution in [2.24, 2.45) is 0 Å². The number of ether oxygens (including phenoxy) is 1. The van der Waals surface area contributed by atoms with Crippen LogP contribution < -0.4 is 4.90 Å². The largest absolute Gasteiger partial charge is 0.480 e. The Kier molecular flexibility index (Phi) is 2.96. The van der Waals surface area contributed by atoms with Crippen LogP contribution in [0.5, 0.6) is 0 Å². The zero-order valence-corrected chi connectivity index (χ0v) is 10.1. The summed E-state index contributed by atoms with van der Waals surface area (Å²) in [5.41, 5.74) is 1.38. The second-order valence-electron chi connectivity index (χ2n) is 4.22.